The third-order valence-corrected chi connectivity index (χ3v) is 4.71. The van der Waals surface area contributed by atoms with Crippen molar-refractivity contribution in [1.29, 1.82) is 0 Å². The summed E-state index contributed by atoms with van der Waals surface area (Å²) in [5.74, 6) is 0.881. The summed E-state index contributed by atoms with van der Waals surface area (Å²) >= 11 is 0. The minimum Gasteiger partial charge on any atom is -0.278 e. The number of aryl methyl sites for hydroxylation is 2. The van der Waals surface area contributed by atoms with E-state index in [1.54, 1.807) is 0 Å². The average molecular weight is 315 g/mol. The van der Waals surface area contributed by atoms with Crippen LogP contribution in [0.25, 0.3) is 28.0 Å². The number of hydrogen-bond donors (Lipinski definition) is 1. The lowest BCUT2D eigenvalue weighted by Gasteiger charge is -2.10. The van der Waals surface area contributed by atoms with E-state index < -0.39 is 0 Å². The van der Waals surface area contributed by atoms with Gasteiger partial charge in [0, 0.05) is 22.2 Å². The molecular weight excluding hydrogens is 298 g/mol. The lowest BCUT2D eigenvalue weighted by Crippen LogP contribution is -2.04. The van der Waals surface area contributed by atoms with Crippen LogP contribution in [-0.4, -0.2) is 25.0 Å². The Hall–Kier alpha value is -2.95. The predicted octanol–water partition coefficient (Wildman–Crippen LogP) is 3.61. The van der Waals surface area contributed by atoms with E-state index in [0.29, 0.717) is 0 Å². The molecule has 0 aliphatic heterocycles. The topological polar surface area (TPSA) is 59.4 Å². The Labute approximate surface area is 139 Å². The summed E-state index contributed by atoms with van der Waals surface area (Å²) in [6.45, 7) is 2.01. The number of benzene rings is 1. The summed E-state index contributed by atoms with van der Waals surface area (Å²) in [7, 11) is 0. The van der Waals surface area contributed by atoms with Crippen LogP contribution in [0.1, 0.15) is 23.4 Å². The minimum atomic E-state index is 0.881. The summed E-state index contributed by atoms with van der Waals surface area (Å²) in [6, 6.07) is 12.5. The van der Waals surface area contributed by atoms with Crippen molar-refractivity contribution in [1.82, 2.24) is 25.0 Å². The number of aromatic nitrogens is 5. The fourth-order valence-corrected chi connectivity index (χ4v) is 3.59. The maximum absolute atomic E-state index is 4.88. The second-order valence-corrected chi connectivity index (χ2v) is 6.35. The first-order valence-electron chi connectivity index (χ1n) is 8.28. The number of nitrogens with one attached hydrogen (secondary N) is 1. The van der Waals surface area contributed by atoms with Gasteiger partial charge in [0.1, 0.15) is 0 Å². The van der Waals surface area contributed by atoms with E-state index in [2.05, 4.69) is 33.4 Å². The number of fused-ring (bicyclic) bond motifs is 2. The second kappa shape index (κ2) is 5.03. The Morgan fingerprint density at radius 2 is 2.08 bits per heavy atom. The molecule has 1 N–H and O–H groups in total. The van der Waals surface area contributed by atoms with Crippen molar-refractivity contribution < 1.29 is 0 Å². The van der Waals surface area contributed by atoms with Crippen LogP contribution < -0.4 is 0 Å². The molecule has 5 rings (SSSR count). The van der Waals surface area contributed by atoms with E-state index >= 15 is 0 Å². The molecule has 0 radical (unpaired) electrons. The Kier molecular flexibility index (Phi) is 2.82. The molecule has 0 amide bonds. The predicted molar refractivity (Wildman–Crippen MR) is 93.2 cm³/mol. The van der Waals surface area contributed by atoms with Gasteiger partial charge in [-0.05, 0) is 50.5 Å². The van der Waals surface area contributed by atoms with Crippen LogP contribution >= 0.6 is 0 Å². The maximum Gasteiger partial charge on any atom is 0.154 e. The summed E-state index contributed by atoms with van der Waals surface area (Å²) in [4.78, 5) is 4.68. The molecule has 0 spiro atoms. The number of pyridine rings is 1. The molecule has 3 aromatic heterocycles. The molecule has 3 heterocycles. The van der Waals surface area contributed by atoms with Crippen LogP contribution in [0.2, 0.25) is 0 Å². The summed E-state index contributed by atoms with van der Waals surface area (Å²) in [6.07, 6.45) is 5.18. The third kappa shape index (κ3) is 1.98. The molecule has 0 saturated carbocycles. The van der Waals surface area contributed by atoms with Gasteiger partial charge in [-0.15, -0.1) is 0 Å². The first-order valence-corrected chi connectivity index (χ1v) is 8.28. The van der Waals surface area contributed by atoms with Crippen molar-refractivity contribution >= 4 is 10.9 Å². The molecule has 4 aromatic rings. The Morgan fingerprint density at radius 1 is 1.12 bits per heavy atom. The van der Waals surface area contributed by atoms with Crippen LogP contribution in [0.3, 0.4) is 0 Å². The van der Waals surface area contributed by atoms with Crippen molar-refractivity contribution in [2.45, 2.75) is 26.2 Å². The van der Waals surface area contributed by atoms with E-state index in [1.165, 1.54) is 28.9 Å². The first kappa shape index (κ1) is 13.5. The van der Waals surface area contributed by atoms with E-state index in [0.717, 1.165) is 35.3 Å². The Bertz CT molecular complexity index is 1060. The second-order valence-electron chi connectivity index (χ2n) is 6.35. The van der Waals surface area contributed by atoms with Gasteiger partial charge in [-0.2, -0.15) is 10.2 Å². The Morgan fingerprint density at radius 3 is 3.00 bits per heavy atom. The van der Waals surface area contributed by atoms with Gasteiger partial charge in [0.05, 0.1) is 23.1 Å². The number of H-pyrrole nitrogens is 1. The van der Waals surface area contributed by atoms with E-state index in [9.17, 15) is 0 Å². The standard InChI is InChI=1S/C19H17N5/c1-12-4-2-7-18(21-12)24-19(15-5-3-6-17(15)23-24)13-8-9-16-14(10-13)11-20-22-16/h2,4,7-11H,3,5-6H2,1H3,(H,20,22). The van der Waals surface area contributed by atoms with Crippen LogP contribution in [0.4, 0.5) is 0 Å². The van der Waals surface area contributed by atoms with Gasteiger partial charge in [0.2, 0.25) is 0 Å². The Balaban J connectivity index is 1.77. The van der Waals surface area contributed by atoms with Crippen LogP contribution in [0, 0.1) is 6.92 Å². The fourth-order valence-electron chi connectivity index (χ4n) is 3.59. The monoisotopic (exact) mass is 315 g/mol. The van der Waals surface area contributed by atoms with E-state index in [-0.39, 0.29) is 0 Å². The van der Waals surface area contributed by atoms with Gasteiger partial charge in [0.25, 0.3) is 0 Å². The molecule has 0 saturated heterocycles. The van der Waals surface area contributed by atoms with Gasteiger partial charge < -0.3 is 0 Å². The molecule has 5 heteroatoms. The molecule has 0 bridgehead atoms. The van der Waals surface area contributed by atoms with Crippen molar-refractivity contribution in [3.63, 3.8) is 0 Å². The SMILES string of the molecule is Cc1cccc(-n2nc3c(c2-c2ccc4[nH]ncc4c2)CCC3)n1. The molecule has 24 heavy (non-hydrogen) atoms. The normalized spacial score (nSPS) is 13.5. The van der Waals surface area contributed by atoms with Gasteiger partial charge in [-0.1, -0.05) is 12.1 Å². The highest BCUT2D eigenvalue weighted by molar-refractivity contribution is 5.84. The van der Waals surface area contributed by atoms with Gasteiger partial charge in [0.15, 0.2) is 5.82 Å². The van der Waals surface area contributed by atoms with Gasteiger partial charge >= 0.3 is 0 Å². The van der Waals surface area contributed by atoms with E-state index in [4.69, 9.17) is 5.10 Å². The number of nitrogens with zero attached hydrogens (tertiary/aromatic N) is 4. The van der Waals surface area contributed by atoms with Crippen molar-refractivity contribution in [3.8, 4) is 17.1 Å². The number of rotatable bonds is 2. The molecule has 0 fully saturated rings. The fraction of sp³-hybridized carbons (Fsp3) is 0.211. The van der Waals surface area contributed by atoms with Crippen molar-refractivity contribution in [2.75, 3.05) is 0 Å². The van der Waals surface area contributed by atoms with Gasteiger partial charge in [-0.25, -0.2) is 9.67 Å². The number of aromatic amines is 1. The van der Waals surface area contributed by atoms with Crippen LogP contribution in [0.15, 0.2) is 42.6 Å². The number of hydrogen-bond acceptors (Lipinski definition) is 3. The highest BCUT2D eigenvalue weighted by atomic mass is 15.3. The molecule has 5 nitrogen and oxygen atoms in total. The third-order valence-electron chi connectivity index (χ3n) is 4.71. The minimum absolute atomic E-state index is 0.881. The van der Waals surface area contributed by atoms with Crippen LogP contribution in [-0.2, 0) is 12.8 Å². The maximum atomic E-state index is 4.88. The molecule has 0 unspecified atom stereocenters. The van der Waals surface area contributed by atoms with Crippen molar-refractivity contribution in [2.24, 2.45) is 0 Å². The highest BCUT2D eigenvalue weighted by Crippen LogP contribution is 2.35. The highest BCUT2D eigenvalue weighted by Gasteiger charge is 2.24. The first-order chi connectivity index (χ1) is 11.8. The molecule has 1 aliphatic carbocycles. The zero-order chi connectivity index (χ0) is 16.1. The zero-order valence-corrected chi connectivity index (χ0v) is 13.5. The lowest BCUT2D eigenvalue weighted by molar-refractivity contribution is 0.788. The molecule has 1 aliphatic rings. The molecule has 1 aromatic carbocycles. The van der Waals surface area contributed by atoms with E-state index in [1.807, 2.05) is 36.0 Å². The summed E-state index contributed by atoms with van der Waals surface area (Å²) in [5, 5.41) is 13.1. The van der Waals surface area contributed by atoms with Crippen molar-refractivity contribution in [3.05, 3.63) is 59.5 Å². The molecule has 0 atom stereocenters. The largest absolute Gasteiger partial charge is 0.278 e. The zero-order valence-electron chi connectivity index (χ0n) is 13.5. The quantitative estimate of drug-likeness (QED) is 0.615. The average Bonchev–Trinajstić information content (AvgIpc) is 3.29. The lowest BCUT2D eigenvalue weighted by atomic mass is 10.0. The van der Waals surface area contributed by atoms with Gasteiger partial charge in [-0.3, -0.25) is 5.10 Å². The molecular formula is C19H17N5. The summed E-state index contributed by atoms with van der Waals surface area (Å²) < 4.78 is 2.01. The summed E-state index contributed by atoms with van der Waals surface area (Å²) in [5.41, 5.74) is 6.96. The smallest absolute Gasteiger partial charge is 0.154 e. The molecule has 118 valence electrons. The van der Waals surface area contributed by atoms with Crippen LogP contribution in [0.5, 0.6) is 0 Å².